The number of aliphatic hydroxyl groups is 3. The molecule has 7 N–H and O–H groups in total. The first-order valence-corrected chi connectivity index (χ1v) is 15.5. The number of aryl methyl sites for hydroxylation is 1. The summed E-state index contributed by atoms with van der Waals surface area (Å²) in [4.78, 5) is 53.1. The Morgan fingerprint density at radius 1 is 1.06 bits per heavy atom. The van der Waals surface area contributed by atoms with Gasteiger partial charge in [-0.2, -0.15) is 0 Å². The Labute approximate surface area is 274 Å². The van der Waals surface area contributed by atoms with Gasteiger partial charge in [-0.15, -0.1) is 0 Å². The van der Waals surface area contributed by atoms with Crippen molar-refractivity contribution >= 4 is 29.1 Å². The summed E-state index contributed by atoms with van der Waals surface area (Å²) in [6.07, 6.45) is 1.31. The molecule has 0 aromatic heterocycles. The molecule has 47 heavy (non-hydrogen) atoms. The van der Waals surface area contributed by atoms with Gasteiger partial charge in [-0.3, -0.25) is 24.1 Å². The first kappa shape index (κ1) is 35.3. The molecule has 1 saturated carbocycles. The zero-order valence-corrected chi connectivity index (χ0v) is 27.6. The van der Waals surface area contributed by atoms with Gasteiger partial charge in [0.25, 0.3) is 5.91 Å². The minimum Gasteiger partial charge on any atom is -0.508 e. The lowest BCUT2D eigenvalue weighted by molar-refractivity contribution is -0.153. The molecule has 0 aliphatic heterocycles. The maximum atomic E-state index is 13.9. The van der Waals surface area contributed by atoms with Gasteiger partial charge in [-0.25, -0.2) is 0 Å². The molecule has 12 heteroatoms. The van der Waals surface area contributed by atoms with Crippen LogP contribution in [0.2, 0.25) is 0 Å². The van der Waals surface area contributed by atoms with Crippen LogP contribution in [0.3, 0.4) is 0 Å². The van der Waals surface area contributed by atoms with Crippen molar-refractivity contribution < 1.29 is 39.6 Å². The summed E-state index contributed by atoms with van der Waals surface area (Å²) in [5, 5.41) is 47.4. The third kappa shape index (κ3) is 6.53. The predicted molar refractivity (Wildman–Crippen MR) is 176 cm³/mol. The Kier molecular flexibility index (Phi) is 10.3. The van der Waals surface area contributed by atoms with E-state index in [2.05, 4.69) is 10.2 Å². The third-order valence-electron chi connectivity index (χ3n) is 9.09. The highest BCUT2D eigenvalue weighted by Gasteiger charge is 2.64. The van der Waals surface area contributed by atoms with Crippen molar-refractivity contribution in [3.63, 3.8) is 0 Å². The van der Waals surface area contributed by atoms with Gasteiger partial charge < -0.3 is 36.4 Å². The molecular formula is C35H44N4O8. The number of amides is 2. The number of rotatable bonds is 7. The number of phenols is 1. The quantitative estimate of drug-likeness (QED) is 0.191. The van der Waals surface area contributed by atoms with E-state index in [0.717, 1.165) is 36.2 Å². The first-order chi connectivity index (χ1) is 22.0. The van der Waals surface area contributed by atoms with Gasteiger partial charge in [-0.05, 0) is 89.6 Å². The smallest absolute Gasteiger partial charge is 0.255 e. The molecule has 1 fully saturated rings. The molecular weight excluding hydrogens is 604 g/mol. The Balaban J connectivity index is 0.000000434. The summed E-state index contributed by atoms with van der Waals surface area (Å²) >= 11 is 0. The highest BCUT2D eigenvalue weighted by molar-refractivity contribution is 6.24. The number of benzene rings is 2. The van der Waals surface area contributed by atoms with Crippen molar-refractivity contribution in [2.45, 2.75) is 44.8 Å². The van der Waals surface area contributed by atoms with E-state index in [1.165, 1.54) is 17.9 Å². The molecule has 0 spiro atoms. The summed E-state index contributed by atoms with van der Waals surface area (Å²) in [5.74, 6) is -6.55. The fourth-order valence-corrected chi connectivity index (χ4v) is 6.99. The third-order valence-corrected chi connectivity index (χ3v) is 9.09. The van der Waals surface area contributed by atoms with Crippen molar-refractivity contribution in [3.8, 4) is 16.9 Å². The molecule has 2 aromatic carbocycles. The number of aliphatic hydroxyl groups excluding tert-OH is 2. The molecule has 252 valence electrons. The second-order valence-electron chi connectivity index (χ2n) is 13.0. The maximum absolute atomic E-state index is 13.9. The molecule has 2 amide bonds. The predicted octanol–water partition coefficient (Wildman–Crippen LogP) is 2.01. The lowest BCUT2D eigenvalue weighted by Gasteiger charge is -2.50. The maximum Gasteiger partial charge on any atom is 0.255 e. The Morgan fingerprint density at radius 3 is 2.32 bits per heavy atom. The van der Waals surface area contributed by atoms with Gasteiger partial charge in [0.2, 0.25) is 11.7 Å². The monoisotopic (exact) mass is 648 g/mol. The number of phenolic OH excluding ortho intramolecular Hbond substituents is 1. The summed E-state index contributed by atoms with van der Waals surface area (Å²) in [7, 11) is 7.18. The first-order valence-electron chi connectivity index (χ1n) is 15.5. The van der Waals surface area contributed by atoms with Gasteiger partial charge >= 0.3 is 0 Å². The zero-order valence-electron chi connectivity index (χ0n) is 27.6. The number of aromatic hydroxyl groups is 1. The van der Waals surface area contributed by atoms with E-state index in [9.17, 15) is 39.6 Å². The number of ketones is 2. The number of carbonyl (C=O) groups is 4. The van der Waals surface area contributed by atoms with Gasteiger partial charge in [0.1, 0.15) is 22.8 Å². The van der Waals surface area contributed by atoms with E-state index in [1.807, 2.05) is 45.3 Å². The van der Waals surface area contributed by atoms with Crippen LogP contribution >= 0.6 is 0 Å². The minimum atomic E-state index is -2.64. The second-order valence-corrected chi connectivity index (χ2v) is 13.0. The lowest BCUT2D eigenvalue weighted by atomic mass is 9.57. The molecule has 0 heterocycles. The van der Waals surface area contributed by atoms with Crippen LogP contribution in [0.1, 0.15) is 36.5 Å². The van der Waals surface area contributed by atoms with Crippen LogP contribution in [0.5, 0.6) is 5.75 Å². The van der Waals surface area contributed by atoms with Crippen LogP contribution in [0.15, 0.2) is 53.3 Å². The average Bonchev–Trinajstić information content (AvgIpc) is 2.97. The van der Waals surface area contributed by atoms with Crippen molar-refractivity contribution in [2.75, 3.05) is 41.3 Å². The second kappa shape index (κ2) is 13.7. The van der Waals surface area contributed by atoms with Crippen LogP contribution in [0.25, 0.3) is 16.9 Å². The van der Waals surface area contributed by atoms with Crippen LogP contribution in [0.4, 0.5) is 0 Å². The molecule has 0 bridgehead atoms. The number of fused-ring (bicyclic) bond motifs is 3. The number of nitrogens with zero attached hydrogens (tertiary/aromatic N) is 2. The topological polar surface area (TPSA) is 194 Å². The standard InChI is InChI=1S/C28H28N2O7.C7H16N2O/c1-12-5-4-6-13(9-12)15-7-8-18(31)20-16(15)10-14-11-17-22(30(2)3)24(33)21(27(29)36)26(35)28(17,37)25(34)19(14)23(20)32;1-7(10)8-5-4-6-9(2)3/h4-9,14,17,22,31-32,35,37H,10-11H2,1-3H3,(H2,29,36);4-6H2,1-3H3,(H,8,10)/t14-,17-,22+,28-;/m0./s1. The molecule has 0 unspecified atom stereocenters. The van der Waals surface area contributed by atoms with Crippen molar-refractivity contribution in [1.82, 2.24) is 15.1 Å². The van der Waals surface area contributed by atoms with Crippen molar-refractivity contribution in [3.05, 3.63) is 70.0 Å². The van der Waals surface area contributed by atoms with Gasteiger partial charge in [0.15, 0.2) is 11.4 Å². The van der Waals surface area contributed by atoms with Crippen LogP contribution in [0, 0.1) is 18.8 Å². The fraction of sp³-hybridized carbons (Fsp3) is 0.429. The normalized spacial score (nSPS) is 23.6. The number of nitrogens with one attached hydrogen (secondary N) is 1. The van der Waals surface area contributed by atoms with E-state index in [0.29, 0.717) is 5.56 Å². The Morgan fingerprint density at radius 2 is 1.74 bits per heavy atom. The zero-order chi connectivity index (χ0) is 35.0. The summed E-state index contributed by atoms with van der Waals surface area (Å²) < 4.78 is 0. The van der Waals surface area contributed by atoms with Crippen LogP contribution in [-0.4, -0.2) is 107 Å². The van der Waals surface area contributed by atoms with Crippen LogP contribution < -0.4 is 11.1 Å². The van der Waals surface area contributed by atoms with E-state index >= 15 is 0 Å². The lowest BCUT2D eigenvalue weighted by Crippen LogP contribution is -2.65. The van der Waals surface area contributed by atoms with Gasteiger partial charge in [0.05, 0.1) is 11.6 Å². The molecule has 2 aromatic rings. The Hall–Kier alpha value is -4.52. The summed E-state index contributed by atoms with van der Waals surface area (Å²) in [5.41, 5.74) is 5.10. The van der Waals surface area contributed by atoms with Crippen molar-refractivity contribution in [1.29, 1.82) is 0 Å². The highest BCUT2D eigenvalue weighted by Crippen LogP contribution is 2.53. The average molecular weight is 649 g/mol. The molecule has 4 atom stereocenters. The molecule has 3 aliphatic carbocycles. The number of carbonyl (C=O) groups excluding carboxylic acids is 4. The van der Waals surface area contributed by atoms with E-state index < -0.39 is 58.0 Å². The summed E-state index contributed by atoms with van der Waals surface area (Å²) in [6.45, 7) is 5.30. The molecule has 0 saturated heterocycles. The molecule has 5 rings (SSSR count). The van der Waals surface area contributed by atoms with Gasteiger partial charge in [0, 0.05) is 25.0 Å². The number of nitrogens with two attached hydrogens (primary N) is 1. The minimum absolute atomic E-state index is 0.0503. The van der Waals surface area contributed by atoms with E-state index in [4.69, 9.17) is 5.73 Å². The molecule has 12 nitrogen and oxygen atoms in total. The van der Waals surface area contributed by atoms with E-state index in [1.54, 1.807) is 20.2 Å². The number of Topliss-reactive ketones (excluding diaryl/α,β-unsaturated/α-hetero) is 2. The SMILES string of the molecule is CC(=O)NCCCN(C)C.Cc1cccc(-c2ccc(O)c3c2C[C@H]2C[C@H]4[C@@H](N(C)C)C(=O)C(C(N)=O)=C(O)[C@@]4(O)C(=O)C2=C3O)c1. The summed E-state index contributed by atoms with van der Waals surface area (Å²) in [6, 6.07) is 9.82. The number of primary amides is 1. The van der Waals surface area contributed by atoms with Gasteiger partial charge in [-0.1, -0.05) is 35.9 Å². The number of likely N-dealkylation sites (N-methyl/N-ethyl adjacent to an activating group) is 1. The fourth-order valence-electron chi connectivity index (χ4n) is 6.99. The molecule has 3 aliphatic rings. The highest BCUT2D eigenvalue weighted by atomic mass is 16.3. The van der Waals surface area contributed by atoms with E-state index in [-0.39, 0.29) is 35.6 Å². The number of hydrogen-bond donors (Lipinski definition) is 6. The Bertz CT molecular complexity index is 1680. The molecule has 0 radical (unpaired) electrons. The largest absolute Gasteiger partial charge is 0.508 e. The van der Waals surface area contributed by atoms with Crippen LogP contribution in [-0.2, 0) is 25.6 Å². The van der Waals surface area contributed by atoms with Crippen molar-refractivity contribution in [2.24, 2.45) is 17.6 Å². The number of hydrogen-bond acceptors (Lipinski definition) is 10.